The molecule has 5 heteroatoms. The number of nitriles is 2. The van der Waals surface area contributed by atoms with E-state index in [2.05, 4.69) is 4.90 Å². The van der Waals surface area contributed by atoms with Crippen LogP contribution in [0.25, 0.3) is 0 Å². The molecule has 0 saturated carbocycles. The molecule has 0 saturated heterocycles. The molecule has 5 nitrogen and oxygen atoms in total. The molecule has 0 spiro atoms. The highest BCUT2D eigenvalue weighted by molar-refractivity contribution is 5.72. The number of hydrogen-bond acceptors (Lipinski definition) is 5. The largest absolute Gasteiger partial charge is 0.465 e. The highest BCUT2D eigenvalue weighted by Gasteiger charge is 2.07. The zero-order chi connectivity index (χ0) is 18.5. The second-order valence-electron chi connectivity index (χ2n) is 5.71. The second kappa shape index (κ2) is 11.5. The summed E-state index contributed by atoms with van der Waals surface area (Å²) in [7, 11) is 0. The van der Waals surface area contributed by atoms with Gasteiger partial charge < -0.3 is 9.64 Å². The van der Waals surface area contributed by atoms with Crippen LogP contribution in [0.2, 0.25) is 0 Å². The van der Waals surface area contributed by atoms with E-state index in [0.29, 0.717) is 13.0 Å². The first-order chi connectivity index (χ1) is 12.1. The topological polar surface area (TPSA) is 77.1 Å². The predicted molar refractivity (Wildman–Crippen MR) is 96.0 cm³/mol. The molecule has 0 aromatic heterocycles. The standard InChI is InChI=1S/C20H23N3O2/c1-17(2)23(11-6-10-19(15-21)16-22)12-7-13-25-20(24)14-18-8-4-3-5-9-18/h3-6,8-11,17H,7,12-14H2,1-2H3/b11-6+. The van der Waals surface area contributed by atoms with Crippen LogP contribution in [-0.2, 0) is 16.0 Å². The zero-order valence-electron chi connectivity index (χ0n) is 14.7. The molecule has 0 heterocycles. The van der Waals surface area contributed by atoms with Crippen LogP contribution in [0, 0.1) is 22.7 Å². The van der Waals surface area contributed by atoms with Crippen molar-refractivity contribution in [1.29, 1.82) is 10.5 Å². The summed E-state index contributed by atoms with van der Waals surface area (Å²) in [5, 5.41) is 17.4. The number of allylic oxidation sites excluding steroid dienone is 3. The molecule has 0 unspecified atom stereocenters. The Labute approximate surface area is 149 Å². The summed E-state index contributed by atoms with van der Waals surface area (Å²) < 4.78 is 5.27. The molecular weight excluding hydrogens is 314 g/mol. The number of ether oxygens (including phenoxy) is 1. The lowest BCUT2D eigenvalue weighted by molar-refractivity contribution is -0.143. The van der Waals surface area contributed by atoms with Crippen LogP contribution in [0.5, 0.6) is 0 Å². The maximum atomic E-state index is 11.8. The van der Waals surface area contributed by atoms with Gasteiger partial charge in [0.15, 0.2) is 0 Å². The van der Waals surface area contributed by atoms with E-state index in [9.17, 15) is 4.79 Å². The Morgan fingerprint density at radius 3 is 2.52 bits per heavy atom. The van der Waals surface area contributed by atoms with Gasteiger partial charge >= 0.3 is 5.97 Å². The average Bonchev–Trinajstić information content (AvgIpc) is 2.61. The second-order valence-corrected chi connectivity index (χ2v) is 5.71. The fourth-order valence-electron chi connectivity index (χ4n) is 2.10. The number of benzene rings is 1. The normalized spacial score (nSPS) is 10.1. The Bertz CT molecular complexity index is 663. The van der Waals surface area contributed by atoms with E-state index in [1.165, 1.54) is 6.08 Å². The summed E-state index contributed by atoms with van der Waals surface area (Å²) in [5.74, 6) is -0.228. The minimum absolute atomic E-state index is 0.0646. The molecular formula is C20H23N3O2. The third-order valence-electron chi connectivity index (χ3n) is 3.46. The van der Waals surface area contributed by atoms with E-state index in [-0.39, 0.29) is 24.0 Å². The summed E-state index contributed by atoms with van der Waals surface area (Å²) in [5.41, 5.74) is 1.01. The van der Waals surface area contributed by atoms with Gasteiger partial charge in [-0.1, -0.05) is 30.3 Å². The van der Waals surface area contributed by atoms with Gasteiger partial charge in [0, 0.05) is 12.6 Å². The van der Waals surface area contributed by atoms with E-state index in [1.54, 1.807) is 6.08 Å². The number of rotatable bonds is 9. The quantitative estimate of drug-likeness (QED) is 0.299. The van der Waals surface area contributed by atoms with Gasteiger partial charge in [0.05, 0.1) is 13.0 Å². The molecule has 0 amide bonds. The van der Waals surface area contributed by atoms with Crippen LogP contribution in [-0.4, -0.2) is 30.1 Å². The smallest absolute Gasteiger partial charge is 0.310 e. The van der Waals surface area contributed by atoms with Crippen LogP contribution in [0.15, 0.2) is 54.3 Å². The summed E-state index contributed by atoms with van der Waals surface area (Å²) in [6.07, 6.45) is 5.99. The third-order valence-corrected chi connectivity index (χ3v) is 3.46. The maximum absolute atomic E-state index is 11.8. The van der Waals surface area contributed by atoms with Gasteiger partial charge in [-0.15, -0.1) is 0 Å². The summed E-state index contributed by atoms with van der Waals surface area (Å²) in [4.78, 5) is 13.8. The number of carbonyl (C=O) groups is 1. The van der Waals surface area contributed by atoms with Crippen molar-refractivity contribution in [2.75, 3.05) is 13.2 Å². The molecule has 0 aliphatic heterocycles. The Kier molecular flexibility index (Phi) is 9.18. The van der Waals surface area contributed by atoms with Crippen molar-refractivity contribution >= 4 is 5.97 Å². The summed E-state index contributed by atoms with van der Waals surface area (Å²) in [6, 6.07) is 13.4. The highest BCUT2D eigenvalue weighted by Crippen LogP contribution is 2.04. The fraction of sp³-hybridized carbons (Fsp3) is 0.350. The number of nitrogens with zero attached hydrogens (tertiary/aromatic N) is 3. The van der Waals surface area contributed by atoms with Gasteiger partial charge in [-0.3, -0.25) is 4.79 Å². The lowest BCUT2D eigenvalue weighted by Gasteiger charge is -2.24. The maximum Gasteiger partial charge on any atom is 0.310 e. The Morgan fingerprint density at radius 2 is 1.92 bits per heavy atom. The summed E-state index contributed by atoms with van der Waals surface area (Å²) >= 11 is 0. The van der Waals surface area contributed by atoms with Crippen LogP contribution >= 0.6 is 0 Å². The molecule has 0 aliphatic carbocycles. The number of hydrogen-bond donors (Lipinski definition) is 0. The highest BCUT2D eigenvalue weighted by atomic mass is 16.5. The minimum Gasteiger partial charge on any atom is -0.465 e. The molecule has 0 bridgehead atoms. The van der Waals surface area contributed by atoms with Gasteiger partial charge in [0.1, 0.15) is 17.7 Å². The summed E-state index contributed by atoms with van der Waals surface area (Å²) in [6.45, 7) is 5.17. The molecule has 1 rings (SSSR count). The van der Waals surface area contributed by atoms with Crippen molar-refractivity contribution in [3.05, 3.63) is 59.8 Å². The number of carbonyl (C=O) groups excluding carboxylic acids is 1. The molecule has 25 heavy (non-hydrogen) atoms. The van der Waals surface area contributed by atoms with E-state index < -0.39 is 0 Å². The van der Waals surface area contributed by atoms with Crippen molar-refractivity contribution in [1.82, 2.24) is 4.90 Å². The lowest BCUT2D eigenvalue weighted by Crippen LogP contribution is -2.27. The van der Waals surface area contributed by atoms with Crippen molar-refractivity contribution in [2.24, 2.45) is 0 Å². The zero-order valence-corrected chi connectivity index (χ0v) is 14.7. The lowest BCUT2D eigenvalue weighted by atomic mass is 10.2. The molecule has 0 atom stereocenters. The van der Waals surface area contributed by atoms with Crippen molar-refractivity contribution in [3.8, 4) is 12.1 Å². The van der Waals surface area contributed by atoms with E-state index in [1.807, 2.05) is 62.5 Å². The monoisotopic (exact) mass is 337 g/mol. The number of esters is 1. The third kappa shape index (κ3) is 8.39. The molecule has 1 aromatic rings. The minimum atomic E-state index is -0.228. The fourth-order valence-corrected chi connectivity index (χ4v) is 2.10. The van der Waals surface area contributed by atoms with Gasteiger partial charge in [-0.25, -0.2) is 0 Å². The van der Waals surface area contributed by atoms with Crippen LogP contribution in [0.4, 0.5) is 0 Å². The van der Waals surface area contributed by atoms with Gasteiger partial charge in [0.2, 0.25) is 0 Å². The SMILES string of the molecule is CC(C)N(/C=C/C=C(C#N)C#N)CCCOC(=O)Cc1ccccc1. The Morgan fingerprint density at radius 1 is 1.24 bits per heavy atom. The molecule has 0 N–H and O–H groups in total. The van der Waals surface area contributed by atoms with Crippen molar-refractivity contribution in [2.45, 2.75) is 32.7 Å². The van der Waals surface area contributed by atoms with Gasteiger partial charge in [-0.05, 0) is 44.2 Å². The van der Waals surface area contributed by atoms with E-state index in [0.717, 1.165) is 12.1 Å². The van der Waals surface area contributed by atoms with Gasteiger partial charge in [0.25, 0.3) is 0 Å². The van der Waals surface area contributed by atoms with Crippen LogP contribution < -0.4 is 0 Å². The molecule has 0 aliphatic rings. The molecule has 0 radical (unpaired) electrons. The van der Waals surface area contributed by atoms with E-state index in [4.69, 9.17) is 15.3 Å². The molecule has 1 aromatic carbocycles. The van der Waals surface area contributed by atoms with E-state index >= 15 is 0 Å². The average molecular weight is 337 g/mol. The first kappa shape index (κ1) is 20.0. The predicted octanol–water partition coefficient (Wildman–Crippen LogP) is 3.36. The molecule has 0 fully saturated rings. The van der Waals surface area contributed by atoms with Crippen LogP contribution in [0.1, 0.15) is 25.8 Å². The van der Waals surface area contributed by atoms with Gasteiger partial charge in [-0.2, -0.15) is 10.5 Å². The first-order valence-corrected chi connectivity index (χ1v) is 8.20. The Hall–Kier alpha value is -3.05. The molecule has 130 valence electrons. The first-order valence-electron chi connectivity index (χ1n) is 8.20. The van der Waals surface area contributed by atoms with Crippen LogP contribution in [0.3, 0.4) is 0 Å². The van der Waals surface area contributed by atoms with Crippen molar-refractivity contribution in [3.63, 3.8) is 0 Å². The van der Waals surface area contributed by atoms with Crippen molar-refractivity contribution < 1.29 is 9.53 Å². The Balaban J connectivity index is 2.37.